The lowest BCUT2D eigenvalue weighted by Gasteiger charge is -2.23. The third kappa shape index (κ3) is 35.7. The molecule has 0 aromatic heterocycles. The Morgan fingerprint density at radius 2 is 0.612 bits per heavy atom. The van der Waals surface area contributed by atoms with E-state index in [1.165, 1.54) is 205 Å². The topological polar surface area (TPSA) is 83.5 Å². The minimum Gasteiger partial charge on any atom is -0.391 e. The van der Waals surface area contributed by atoms with Crippen molar-refractivity contribution < 1.29 is 15.0 Å². The number of rotatable bonds is 42. The van der Waals surface area contributed by atoms with E-state index in [-0.39, 0.29) is 5.78 Å². The molecule has 0 aliphatic carbocycles. The van der Waals surface area contributed by atoms with Crippen molar-refractivity contribution in [3.8, 4) is 0 Å². The summed E-state index contributed by atoms with van der Waals surface area (Å²) in [5.74, 6) is -0.198. The van der Waals surface area contributed by atoms with Crippen LogP contribution in [0.3, 0.4) is 0 Å². The highest BCUT2D eigenvalue weighted by molar-refractivity contribution is 5.83. The Kier molecular flexibility index (Phi) is 40.0. The van der Waals surface area contributed by atoms with E-state index in [4.69, 9.17) is 5.73 Å². The fraction of sp³-hybridized carbons (Fsp3) is 0.978. The lowest BCUT2D eigenvalue weighted by molar-refractivity contribution is -0.129. The maximum atomic E-state index is 12.5. The van der Waals surface area contributed by atoms with E-state index in [0.717, 1.165) is 32.1 Å². The highest BCUT2D eigenvalue weighted by Crippen LogP contribution is 2.18. The lowest BCUT2D eigenvalue weighted by atomic mass is 9.95. The summed E-state index contributed by atoms with van der Waals surface area (Å²) in [5.41, 5.74) is 6.09. The molecule has 0 fully saturated rings. The summed E-state index contributed by atoms with van der Waals surface area (Å²) < 4.78 is 0. The highest BCUT2D eigenvalue weighted by Gasteiger charge is 2.27. The van der Waals surface area contributed by atoms with Crippen molar-refractivity contribution in [3.05, 3.63) is 0 Å². The van der Waals surface area contributed by atoms with Crippen molar-refractivity contribution in [2.75, 3.05) is 0 Å². The molecule has 0 saturated heterocycles. The first-order valence-corrected chi connectivity index (χ1v) is 22.7. The fourth-order valence-corrected chi connectivity index (χ4v) is 7.40. The molecule has 0 aliphatic heterocycles. The molecule has 0 amide bonds. The molecule has 294 valence electrons. The molecule has 0 aromatic carbocycles. The van der Waals surface area contributed by atoms with Crippen LogP contribution in [0.4, 0.5) is 0 Å². The molecular formula is C45H91NO3. The van der Waals surface area contributed by atoms with Crippen LogP contribution in [-0.4, -0.2) is 34.2 Å². The Morgan fingerprint density at radius 1 is 0.388 bits per heavy atom. The zero-order valence-corrected chi connectivity index (χ0v) is 33.7. The Labute approximate surface area is 308 Å². The average molecular weight is 694 g/mol. The third-order valence-corrected chi connectivity index (χ3v) is 11.0. The molecule has 0 rings (SSSR count). The van der Waals surface area contributed by atoms with Gasteiger partial charge in [-0.1, -0.05) is 245 Å². The number of unbranched alkanes of at least 4 members (excludes halogenated alkanes) is 35. The van der Waals surface area contributed by atoms with Gasteiger partial charge in [0.2, 0.25) is 0 Å². The monoisotopic (exact) mass is 694 g/mol. The minimum atomic E-state index is -1.23. The highest BCUT2D eigenvalue weighted by atomic mass is 16.3. The molecule has 3 atom stereocenters. The second kappa shape index (κ2) is 40.3. The van der Waals surface area contributed by atoms with Gasteiger partial charge in [0.05, 0.1) is 12.1 Å². The van der Waals surface area contributed by atoms with E-state index < -0.39 is 18.2 Å². The first-order valence-electron chi connectivity index (χ1n) is 22.7. The molecule has 0 radical (unpaired) electrons. The summed E-state index contributed by atoms with van der Waals surface area (Å²) in [6.07, 6.45) is 48.2. The molecule has 0 saturated carbocycles. The van der Waals surface area contributed by atoms with Crippen LogP contribution < -0.4 is 5.73 Å². The van der Waals surface area contributed by atoms with Crippen LogP contribution in [0.15, 0.2) is 0 Å². The van der Waals surface area contributed by atoms with Gasteiger partial charge in [0.25, 0.3) is 0 Å². The van der Waals surface area contributed by atoms with Crippen LogP contribution >= 0.6 is 0 Å². The van der Waals surface area contributed by atoms with E-state index in [0.29, 0.717) is 12.8 Å². The second-order valence-electron chi connectivity index (χ2n) is 16.0. The molecule has 0 spiro atoms. The Balaban J connectivity index is 3.46. The summed E-state index contributed by atoms with van der Waals surface area (Å²) in [4.78, 5) is 12.5. The number of ketones is 1. The fourth-order valence-electron chi connectivity index (χ4n) is 7.40. The zero-order chi connectivity index (χ0) is 35.9. The standard InChI is InChI=1S/C45H91NO3/c1-3-5-7-9-11-13-15-17-19-20-21-22-23-24-25-27-29-31-33-35-37-39-41-43(48)45(49)44(46)42(47)40-38-36-34-32-30-28-26-18-16-14-12-10-8-6-4-2/h42,44-45,47,49H,3-41,46H2,1-2H3. The molecule has 0 aliphatic rings. The predicted octanol–water partition coefficient (Wildman–Crippen LogP) is 13.9. The van der Waals surface area contributed by atoms with E-state index in [9.17, 15) is 15.0 Å². The van der Waals surface area contributed by atoms with Gasteiger partial charge in [0, 0.05) is 6.42 Å². The summed E-state index contributed by atoms with van der Waals surface area (Å²) in [6, 6.07) is -0.862. The van der Waals surface area contributed by atoms with Crippen molar-refractivity contribution in [3.63, 3.8) is 0 Å². The second-order valence-corrected chi connectivity index (χ2v) is 16.0. The van der Waals surface area contributed by atoms with Crippen LogP contribution in [0.25, 0.3) is 0 Å². The van der Waals surface area contributed by atoms with Gasteiger partial charge in [-0.05, 0) is 12.8 Å². The van der Waals surface area contributed by atoms with Gasteiger partial charge in [-0.25, -0.2) is 0 Å². The summed E-state index contributed by atoms with van der Waals surface area (Å²) >= 11 is 0. The van der Waals surface area contributed by atoms with Gasteiger partial charge in [-0.3, -0.25) is 4.79 Å². The third-order valence-electron chi connectivity index (χ3n) is 11.0. The number of aliphatic hydroxyl groups excluding tert-OH is 2. The van der Waals surface area contributed by atoms with Gasteiger partial charge in [-0.2, -0.15) is 0 Å². The molecule has 0 heterocycles. The average Bonchev–Trinajstić information content (AvgIpc) is 3.11. The van der Waals surface area contributed by atoms with Crippen LogP contribution in [0.5, 0.6) is 0 Å². The van der Waals surface area contributed by atoms with Crippen LogP contribution in [-0.2, 0) is 4.79 Å². The predicted molar refractivity (Wildman–Crippen MR) is 216 cm³/mol. The maximum Gasteiger partial charge on any atom is 0.162 e. The molecule has 4 N–H and O–H groups in total. The molecule has 0 bridgehead atoms. The van der Waals surface area contributed by atoms with Crippen molar-refractivity contribution in [2.45, 2.75) is 283 Å². The smallest absolute Gasteiger partial charge is 0.162 e. The van der Waals surface area contributed by atoms with Crippen molar-refractivity contribution in [2.24, 2.45) is 5.73 Å². The molecule has 0 aromatic rings. The number of aliphatic hydroxyl groups is 2. The van der Waals surface area contributed by atoms with E-state index in [2.05, 4.69) is 13.8 Å². The van der Waals surface area contributed by atoms with Crippen LogP contribution in [0.2, 0.25) is 0 Å². The molecule has 3 unspecified atom stereocenters. The molecule has 4 heteroatoms. The minimum absolute atomic E-state index is 0.198. The van der Waals surface area contributed by atoms with Crippen molar-refractivity contribution >= 4 is 5.78 Å². The van der Waals surface area contributed by atoms with Gasteiger partial charge in [0.15, 0.2) is 5.78 Å². The molecular weight excluding hydrogens is 602 g/mol. The lowest BCUT2D eigenvalue weighted by Crippen LogP contribution is -2.48. The van der Waals surface area contributed by atoms with Gasteiger partial charge < -0.3 is 15.9 Å². The number of hydrogen-bond donors (Lipinski definition) is 3. The largest absolute Gasteiger partial charge is 0.391 e. The van der Waals surface area contributed by atoms with Crippen LogP contribution in [0, 0.1) is 0 Å². The summed E-state index contributed by atoms with van der Waals surface area (Å²) in [7, 11) is 0. The van der Waals surface area contributed by atoms with E-state index >= 15 is 0 Å². The van der Waals surface area contributed by atoms with Gasteiger partial charge in [0.1, 0.15) is 6.10 Å². The van der Waals surface area contributed by atoms with Crippen molar-refractivity contribution in [1.82, 2.24) is 0 Å². The maximum absolute atomic E-state index is 12.5. The number of carbonyl (C=O) groups excluding carboxylic acids is 1. The normalized spacial score (nSPS) is 13.6. The number of hydrogen-bond acceptors (Lipinski definition) is 4. The van der Waals surface area contributed by atoms with E-state index in [1.54, 1.807) is 0 Å². The van der Waals surface area contributed by atoms with Gasteiger partial charge in [-0.15, -0.1) is 0 Å². The molecule has 49 heavy (non-hydrogen) atoms. The Morgan fingerprint density at radius 3 is 0.878 bits per heavy atom. The number of carbonyl (C=O) groups is 1. The first-order chi connectivity index (χ1) is 24.0. The summed E-state index contributed by atoms with van der Waals surface area (Å²) in [6.45, 7) is 4.57. The SMILES string of the molecule is CCCCCCCCCCCCCCCCCCCCCCCCC(=O)C(O)C(N)C(O)CCCCCCCCCCCCCCCCC. The van der Waals surface area contributed by atoms with Crippen molar-refractivity contribution in [1.29, 1.82) is 0 Å². The van der Waals surface area contributed by atoms with E-state index in [1.807, 2.05) is 0 Å². The Hall–Kier alpha value is -0.450. The number of nitrogens with two attached hydrogens (primary N) is 1. The first kappa shape index (κ1) is 48.5. The quantitative estimate of drug-likeness (QED) is 0.0556. The Bertz CT molecular complexity index is 641. The summed E-state index contributed by atoms with van der Waals surface area (Å²) in [5, 5.41) is 20.9. The number of Topliss-reactive ketones (excluding diaryl/α,β-unsaturated/α-hetero) is 1. The molecule has 4 nitrogen and oxygen atoms in total. The zero-order valence-electron chi connectivity index (χ0n) is 33.7. The van der Waals surface area contributed by atoms with Gasteiger partial charge >= 0.3 is 0 Å². The van der Waals surface area contributed by atoms with Crippen LogP contribution in [0.1, 0.15) is 264 Å².